The van der Waals surface area contributed by atoms with Gasteiger partial charge in [-0.1, -0.05) is 24.4 Å². The number of thiocarbonyl (C=S) groups is 1. The van der Waals surface area contributed by atoms with E-state index in [1.54, 1.807) is 12.3 Å². The molecule has 92 valence electrons. The van der Waals surface area contributed by atoms with E-state index in [2.05, 4.69) is 9.97 Å². The van der Waals surface area contributed by atoms with Crippen LogP contribution in [0.1, 0.15) is 16.8 Å². The lowest BCUT2D eigenvalue weighted by molar-refractivity contribution is 0.438. The van der Waals surface area contributed by atoms with Crippen LogP contribution in [0.5, 0.6) is 11.8 Å². The van der Waals surface area contributed by atoms with Crippen LogP contribution in [0.4, 0.5) is 0 Å². The summed E-state index contributed by atoms with van der Waals surface area (Å²) in [5.41, 5.74) is 8.22. The highest BCUT2D eigenvalue weighted by atomic mass is 32.1. The predicted molar refractivity (Wildman–Crippen MR) is 73.9 cm³/mol. The average molecular weight is 259 g/mol. The maximum absolute atomic E-state index is 5.64. The van der Waals surface area contributed by atoms with Crippen LogP contribution in [-0.2, 0) is 0 Å². The van der Waals surface area contributed by atoms with Crippen molar-refractivity contribution in [3.63, 3.8) is 0 Å². The van der Waals surface area contributed by atoms with Gasteiger partial charge in [-0.2, -0.15) is 4.98 Å². The SMILES string of the molecule is Cc1cccc(Oc2nccc(C(N)=S)n2)c1C. The van der Waals surface area contributed by atoms with Crippen LogP contribution < -0.4 is 10.5 Å². The molecular formula is C13H13N3OS. The van der Waals surface area contributed by atoms with Crippen molar-refractivity contribution in [2.24, 2.45) is 5.73 Å². The molecule has 4 nitrogen and oxygen atoms in total. The molecule has 0 fully saturated rings. The summed E-state index contributed by atoms with van der Waals surface area (Å²) in [4.78, 5) is 8.40. The number of nitrogens with two attached hydrogens (primary N) is 1. The molecule has 0 atom stereocenters. The third kappa shape index (κ3) is 2.62. The Morgan fingerprint density at radius 1 is 1.28 bits per heavy atom. The number of ether oxygens (including phenoxy) is 1. The third-order valence-electron chi connectivity index (χ3n) is 2.64. The number of nitrogens with zero attached hydrogens (tertiary/aromatic N) is 2. The molecule has 0 unspecified atom stereocenters. The lowest BCUT2D eigenvalue weighted by Gasteiger charge is -2.09. The number of aryl methyl sites for hydroxylation is 1. The van der Waals surface area contributed by atoms with E-state index in [-0.39, 0.29) is 11.0 Å². The molecule has 1 aromatic heterocycles. The number of rotatable bonds is 3. The maximum Gasteiger partial charge on any atom is 0.322 e. The molecule has 1 aromatic carbocycles. The topological polar surface area (TPSA) is 61.0 Å². The Morgan fingerprint density at radius 3 is 2.78 bits per heavy atom. The second-order valence-corrected chi connectivity index (χ2v) is 4.33. The summed E-state index contributed by atoms with van der Waals surface area (Å²) >= 11 is 4.86. The van der Waals surface area contributed by atoms with E-state index in [0.29, 0.717) is 5.69 Å². The quantitative estimate of drug-likeness (QED) is 0.858. The molecule has 0 spiro atoms. The highest BCUT2D eigenvalue weighted by molar-refractivity contribution is 7.80. The molecular weight excluding hydrogens is 246 g/mol. The molecule has 2 N–H and O–H groups in total. The van der Waals surface area contributed by atoms with Gasteiger partial charge in [0.1, 0.15) is 16.4 Å². The molecule has 0 amide bonds. The lowest BCUT2D eigenvalue weighted by atomic mass is 10.1. The van der Waals surface area contributed by atoms with Crippen molar-refractivity contribution < 1.29 is 4.74 Å². The Bertz CT molecular complexity index is 599. The minimum atomic E-state index is 0.225. The Hall–Kier alpha value is -2.01. The first-order valence-electron chi connectivity index (χ1n) is 5.45. The third-order valence-corrected chi connectivity index (χ3v) is 2.85. The molecule has 0 bridgehead atoms. The minimum absolute atomic E-state index is 0.225. The van der Waals surface area contributed by atoms with Crippen LogP contribution in [0.2, 0.25) is 0 Å². The summed E-state index contributed by atoms with van der Waals surface area (Å²) in [5, 5.41) is 0. The highest BCUT2D eigenvalue weighted by Crippen LogP contribution is 2.24. The van der Waals surface area contributed by atoms with Gasteiger partial charge in [-0.05, 0) is 37.1 Å². The van der Waals surface area contributed by atoms with Gasteiger partial charge in [0, 0.05) is 6.20 Å². The van der Waals surface area contributed by atoms with Crippen molar-refractivity contribution in [2.75, 3.05) is 0 Å². The largest absolute Gasteiger partial charge is 0.424 e. The van der Waals surface area contributed by atoms with Gasteiger partial charge >= 0.3 is 6.01 Å². The standard InChI is InChI=1S/C13H13N3OS/c1-8-4-3-5-11(9(8)2)17-13-15-7-6-10(16-13)12(14)18/h3-7H,1-2H3,(H2,14,18). The Morgan fingerprint density at radius 2 is 2.06 bits per heavy atom. The summed E-state index contributed by atoms with van der Waals surface area (Å²) in [5.74, 6) is 0.732. The van der Waals surface area contributed by atoms with Crippen molar-refractivity contribution in [3.8, 4) is 11.8 Å². The highest BCUT2D eigenvalue weighted by Gasteiger charge is 2.07. The van der Waals surface area contributed by atoms with Crippen LogP contribution in [0, 0.1) is 13.8 Å². The average Bonchev–Trinajstić information content (AvgIpc) is 2.35. The number of hydrogen-bond acceptors (Lipinski definition) is 4. The molecule has 0 aliphatic heterocycles. The van der Waals surface area contributed by atoms with Gasteiger partial charge in [0.2, 0.25) is 0 Å². The fourth-order valence-corrected chi connectivity index (χ4v) is 1.57. The summed E-state index contributed by atoms with van der Waals surface area (Å²) < 4.78 is 5.64. The van der Waals surface area contributed by atoms with Crippen molar-refractivity contribution in [2.45, 2.75) is 13.8 Å². The molecule has 0 saturated carbocycles. The monoisotopic (exact) mass is 259 g/mol. The number of benzene rings is 1. The van der Waals surface area contributed by atoms with Gasteiger partial charge in [-0.15, -0.1) is 0 Å². The van der Waals surface area contributed by atoms with Gasteiger partial charge in [0.15, 0.2) is 0 Å². The lowest BCUT2D eigenvalue weighted by Crippen LogP contribution is -2.12. The molecule has 0 radical (unpaired) electrons. The van der Waals surface area contributed by atoms with E-state index in [9.17, 15) is 0 Å². The smallest absolute Gasteiger partial charge is 0.322 e. The van der Waals surface area contributed by atoms with Crippen molar-refractivity contribution in [1.29, 1.82) is 0 Å². The molecule has 0 aliphatic rings. The second-order valence-electron chi connectivity index (χ2n) is 3.89. The van der Waals surface area contributed by atoms with E-state index in [4.69, 9.17) is 22.7 Å². The maximum atomic E-state index is 5.64. The molecule has 1 heterocycles. The van der Waals surface area contributed by atoms with Crippen LogP contribution >= 0.6 is 12.2 Å². The van der Waals surface area contributed by atoms with Gasteiger partial charge in [0.05, 0.1) is 0 Å². The normalized spacial score (nSPS) is 10.1. The first kappa shape index (κ1) is 12.4. The zero-order valence-corrected chi connectivity index (χ0v) is 11.0. The molecule has 5 heteroatoms. The summed E-state index contributed by atoms with van der Waals surface area (Å²) in [7, 11) is 0. The molecule has 0 saturated heterocycles. The van der Waals surface area contributed by atoms with Gasteiger partial charge in [0.25, 0.3) is 0 Å². The van der Waals surface area contributed by atoms with Gasteiger partial charge < -0.3 is 10.5 Å². The Labute approximate surface area is 111 Å². The molecule has 2 aromatic rings. The van der Waals surface area contributed by atoms with Crippen molar-refractivity contribution >= 4 is 17.2 Å². The zero-order valence-electron chi connectivity index (χ0n) is 10.2. The summed E-state index contributed by atoms with van der Waals surface area (Å²) in [6.07, 6.45) is 1.57. The summed E-state index contributed by atoms with van der Waals surface area (Å²) in [6.45, 7) is 4.01. The molecule has 0 aliphatic carbocycles. The first-order chi connectivity index (χ1) is 8.58. The van der Waals surface area contributed by atoms with Gasteiger partial charge in [-0.3, -0.25) is 0 Å². The molecule has 2 rings (SSSR count). The number of aromatic nitrogens is 2. The fraction of sp³-hybridized carbons (Fsp3) is 0.154. The first-order valence-corrected chi connectivity index (χ1v) is 5.85. The van der Waals surface area contributed by atoms with Crippen LogP contribution in [0.3, 0.4) is 0 Å². The second kappa shape index (κ2) is 5.10. The number of hydrogen-bond donors (Lipinski definition) is 1. The van der Waals surface area contributed by atoms with E-state index >= 15 is 0 Å². The summed E-state index contributed by atoms with van der Waals surface area (Å²) in [6, 6.07) is 7.72. The molecule has 18 heavy (non-hydrogen) atoms. The van der Waals surface area contributed by atoms with E-state index in [1.807, 2.05) is 32.0 Å². The van der Waals surface area contributed by atoms with Crippen LogP contribution in [0.15, 0.2) is 30.5 Å². The Balaban J connectivity index is 2.31. The zero-order chi connectivity index (χ0) is 13.1. The minimum Gasteiger partial charge on any atom is -0.424 e. The van der Waals surface area contributed by atoms with Crippen molar-refractivity contribution in [1.82, 2.24) is 9.97 Å². The predicted octanol–water partition coefficient (Wildman–Crippen LogP) is 2.52. The van der Waals surface area contributed by atoms with Gasteiger partial charge in [-0.25, -0.2) is 4.98 Å². The van der Waals surface area contributed by atoms with E-state index in [0.717, 1.165) is 16.9 Å². The van der Waals surface area contributed by atoms with Crippen LogP contribution in [0.25, 0.3) is 0 Å². The van der Waals surface area contributed by atoms with E-state index < -0.39 is 0 Å². The van der Waals surface area contributed by atoms with Crippen molar-refractivity contribution in [3.05, 3.63) is 47.3 Å². The Kier molecular flexibility index (Phi) is 3.53. The van der Waals surface area contributed by atoms with E-state index in [1.165, 1.54) is 0 Å². The van der Waals surface area contributed by atoms with Crippen LogP contribution in [-0.4, -0.2) is 15.0 Å². The fourth-order valence-electron chi connectivity index (χ4n) is 1.46.